The molecule has 19 heavy (non-hydrogen) atoms. The Balaban J connectivity index is 1.52. The van der Waals surface area contributed by atoms with Crippen LogP contribution in [0.15, 0.2) is 22.8 Å². The average Bonchev–Trinajstić information content (AvgIpc) is 3.03. The maximum absolute atomic E-state index is 6.19. The first-order valence-corrected chi connectivity index (χ1v) is 7.56. The molecule has 3 heterocycles. The minimum absolute atomic E-state index is 0.189. The van der Waals surface area contributed by atoms with Crippen LogP contribution in [0.1, 0.15) is 38.9 Å². The van der Waals surface area contributed by atoms with Gasteiger partial charge in [-0.25, -0.2) is 0 Å². The third kappa shape index (κ3) is 2.87. The summed E-state index contributed by atoms with van der Waals surface area (Å²) in [4.78, 5) is 2.48. The van der Waals surface area contributed by atoms with Crippen LogP contribution in [0.2, 0.25) is 0 Å². The van der Waals surface area contributed by atoms with Gasteiger partial charge in [0.15, 0.2) is 0 Å². The van der Waals surface area contributed by atoms with Crippen LogP contribution < -0.4 is 0 Å². The van der Waals surface area contributed by atoms with E-state index in [2.05, 4.69) is 24.8 Å². The number of hydrogen-bond donors (Lipinski definition) is 0. The second kappa shape index (κ2) is 5.29. The standard InChI is InChI=1S/C16H25NO2/c1-13(2)14-10-16(19-12-14)5-7-17(8-6-16)11-15-4-3-9-18-15/h3-4,9,13-14H,5-8,10-12H2,1-2H3/t14-/m0/s1. The Labute approximate surface area is 115 Å². The van der Waals surface area contributed by atoms with Gasteiger partial charge in [0.2, 0.25) is 0 Å². The lowest BCUT2D eigenvalue weighted by molar-refractivity contribution is -0.0460. The second-order valence-electron chi connectivity index (χ2n) is 6.56. The van der Waals surface area contributed by atoms with Crippen molar-refractivity contribution in [1.82, 2.24) is 4.90 Å². The van der Waals surface area contributed by atoms with Gasteiger partial charge in [-0.3, -0.25) is 4.90 Å². The summed E-state index contributed by atoms with van der Waals surface area (Å²) in [6, 6.07) is 4.03. The Morgan fingerprint density at radius 1 is 1.37 bits per heavy atom. The SMILES string of the molecule is CC(C)[C@@H]1COC2(CCN(Cc3ccco3)CC2)C1. The van der Waals surface area contributed by atoms with Crippen LogP contribution in [0.25, 0.3) is 0 Å². The normalized spacial score (nSPS) is 27.4. The largest absolute Gasteiger partial charge is 0.468 e. The molecule has 0 aromatic carbocycles. The fourth-order valence-electron chi connectivity index (χ4n) is 3.40. The molecule has 1 atom stereocenters. The summed E-state index contributed by atoms with van der Waals surface area (Å²) < 4.78 is 11.6. The minimum atomic E-state index is 0.189. The van der Waals surface area contributed by atoms with Crippen LogP contribution in [0, 0.1) is 11.8 Å². The fourth-order valence-corrected chi connectivity index (χ4v) is 3.40. The quantitative estimate of drug-likeness (QED) is 0.836. The summed E-state index contributed by atoms with van der Waals surface area (Å²) in [6.07, 6.45) is 5.38. The summed E-state index contributed by atoms with van der Waals surface area (Å²) in [5, 5.41) is 0. The number of rotatable bonds is 3. The van der Waals surface area contributed by atoms with Crippen molar-refractivity contribution in [3.63, 3.8) is 0 Å². The Morgan fingerprint density at radius 3 is 2.74 bits per heavy atom. The van der Waals surface area contributed by atoms with E-state index in [-0.39, 0.29) is 5.60 Å². The smallest absolute Gasteiger partial charge is 0.117 e. The molecule has 3 rings (SSSR count). The predicted molar refractivity (Wildman–Crippen MR) is 74.8 cm³/mol. The molecule has 0 amide bonds. The summed E-state index contributed by atoms with van der Waals surface area (Å²) in [6.45, 7) is 8.81. The van der Waals surface area contributed by atoms with Crippen molar-refractivity contribution < 1.29 is 9.15 Å². The lowest BCUT2D eigenvalue weighted by Gasteiger charge is -2.38. The zero-order chi connectivity index (χ0) is 13.3. The molecule has 0 radical (unpaired) electrons. The number of nitrogens with zero attached hydrogens (tertiary/aromatic N) is 1. The third-order valence-corrected chi connectivity index (χ3v) is 4.91. The molecule has 2 fully saturated rings. The Hall–Kier alpha value is -0.800. The molecule has 1 aromatic rings. The number of piperidine rings is 1. The highest BCUT2D eigenvalue weighted by molar-refractivity contribution is 5.00. The van der Waals surface area contributed by atoms with Crippen molar-refractivity contribution in [2.45, 2.75) is 45.3 Å². The monoisotopic (exact) mass is 263 g/mol. The molecule has 0 unspecified atom stereocenters. The summed E-state index contributed by atoms with van der Waals surface area (Å²) >= 11 is 0. The predicted octanol–water partition coefficient (Wildman–Crippen LogP) is 3.31. The van der Waals surface area contributed by atoms with E-state index in [1.807, 2.05) is 6.07 Å². The van der Waals surface area contributed by atoms with Crippen LogP contribution in [0.5, 0.6) is 0 Å². The molecule has 2 saturated heterocycles. The van der Waals surface area contributed by atoms with E-state index in [4.69, 9.17) is 9.15 Å². The lowest BCUT2D eigenvalue weighted by Crippen LogP contribution is -2.43. The highest BCUT2D eigenvalue weighted by atomic mass is 16.5. The van der Waals surface area contributed by atoms with Crippen molar-refractivity contribution in [2.75, 3.05) is 19.7 Å². The number of ether oxygens (including phenoxy) is 1. The first-order chi connectivity index (χ1) is 9.17. The molecule has 3 heteroatoms. The van der Waals surface area contributed by atoms with E-state index in [0.29, 0.717) is 0 Å². The first-order valence-electron chi connectivity index (χ1n) is 7.56. The molecular formula is C16H25NO2. The summed E-state index contributed by atoms with van der Waals surface area (Å²) in [5.74, 6) is 2.58. The lowest BCUT2D eigenvalue weighted by atomic mass is 9.82. The minimum Gasteiger partial charge on any atom is -0.468 e. The maximum atomic E-state index is 6.19. The van der Waals surface area contributed by atoms with Crippen LogP contribution >= 0.6 is 0 Å². The van der Waals surface area contributed by atoms with Gasteiger partial charge in [-0.15, -0.1) is 0 Å². The number of hydrogen-bond acceptors (Lipinski definition) is 3. The van der Waals surface area contributed by atoms with E-state index < -0.39 is 0 Å². The van der Waals surface area contributed by atoms with Gasteiger partial charge in [-0.05, 0) is 43.2 Å². The zero-order valence-corrected chi connectivity index (χ0v) is 12.1. The first kappa shape index (κ1) is 13.2. The third-order valence-electron chi connectivity index (χ3n) is 4.91. The maximum Gasteiger partial charge on any atom is 0.117 e. The van der Waals surface area contributed by atoms with Gasteiger partial charge < -0.3 is 9.15 Å². The molecule has 3 nitrogen and oxygen atoms in total. The topological polar surface area (TPSA) is 25.6 Å². The van der Waals surface area contributed by atoms with Gasteiger partial charge in [0.05, 0.1) is 25.0 Å². The fraction of sp³-hybridized carbons (Fsp3) is 0.750. The van der Waals surface area contributed by atoms with E-state index in [0.717, 1.165) is 43.8 Å². The molecule has 106 valence electrons. The highest BCUT2D eigenvalue weighted by Gasteiger charge is 2.43. The van der Waals surface area contributed by atoms with E-state index >= 15 is 0 Å². The van der Waals surface area contributed by atoms with Gasteiger partial charge in [0, 0.05) is 13.1 Å². The van der Waals surface area contributed by atoms with Crippen molar-refractivity contribution >= 4 is 0 Å². The average molecular weight is 263 g/mol. The van der Waals surface area contributed by atoms with Crippen molar-refractivity contribution in [2.24, 2.45) is 11.8 Å². The van der Waals surface area contributed by atoms with Crippen LogP contribution in [-0.2, 0) is 11.3 Å². The molecule has 2 aliphatic rings. The van der Waals surface area contributed by atoms with Gasteiger partial charge in [0.1, 0.15) is 5.76 Å². The molecule has 0 saturated carbocycles. The van der Waals surface area contributed by atoms with Crippen molar-refractivity contribution in [1.29, 1.82) is 0 Å². The van der Waals surface area contributed by atoms with E-state index in [1.165, 1.54) is 19.3 Å². The molecule has 1 spiro atoms. The molecule has 1 aromatic heterocycles. The Bertz CT molecular complexity index is 391. The van der Waals surface area contributed by atoms with Crippen molar-refractivity contribution in [3.05, 3.63) is 24.2 Å². The number of likely N-dealkylation sites (tertiary alicyclic amines) is 1. The molecule has 0 bridgehead atoms. The molecule has 2 aliphatic heterocycles. The molecule has 0 N–H and O–H groups in total. The van der Waals surface area contributed by atoms with Crippen LogP contribution in [-0.4, -0.2) is 30.2 Å². The Morgan fingerprint density at radius 2 is 2.16 bits per heavy atom. The van der Waals surface area contributed by atoms with Crippen LogP contribution in [0.4, 0.5) is 0 Å². The molecular weight excluding hydrogens is 238 g/mol. The van der Waals surface area contributed by atoms with Gasteiger partial charge in [0.25, 0.3) is 0 Å². The van der Waals surface area contributed by atoms with Crippen molar-refractivity contribution in [3.8, 4) is 0 Å². The second-order valence-corrected chi connectivity index (χ2v) is 6.56. The van der Waals surface area contributed by atoms with Crippen LogP contribution in [0.3, 0.4) is 0 Å². The zero-order valence-electron chi connectivity index (χ0n) is 12.1. The van der Waals surface area contributed by atoms with Gasteiger partial charge in [-0.1, -0.05) is 13.8 Å². The van der Waals surface area contributed by atoms with Gasteiger partial charge >= 0.3 is 0 Å². The summed E-state index contributed by atoms with van der Waals surface area (Å²) in [7, 11) is 0. The Kier molecular flexibility index (Phi) is 3.68. The molecule has 0 aliphatic carbocycles. The van der Waals surface area contributed by atoms with E-state index in [9.17, 15) is 0 Å². The summed E-state index contributed by atoms with van der Waals surface area (Å²) in [5.41, 5.74) is 0.189. The van der Waals surface area contributed by atoms with Gasteiger partial charge in [-0.2, -0.15) is 0 Å². The van der Waals surface area contributed by atoms with E-state index in [1.54, 1.807) is 6.26 Å². The number of furan rings is 1. The highest BCUT2D eigenvalue weighted by Crippen LogP contribution is 2.41.